The second-order valence-corrected chi connectivity index (χ2v) is 9.61. The van der Waals surface area contributed by atoms with Gasteiger partial charge >= 0.3 is 0 Å². The molecular weight excluding hydrogens is 470 g/mol. The number of nitrogens with one attached hydrogen (secondary N) is 2. The van der Waals surface area contributed by atoms with Gasteiger partial charge in [-0.3, -0.25) is 9.59 Å². The number of hydrogen-bond acceptors (Lipinski definition) is 7. The van der Waals surface area contributed by atoms with Crippen LogP contribution in [-0.4, -0.2) is 61.7 Å². The third-order valence-corrected chi connectivity index (χ3v) is 7.09. The number of methoxy groups -OCH3 is 1. The largest absolute Gasteiger partial charge is 0.497 e. The fraction of sp³-hybridized carbons (Fsp3) is 0.448. The molecule has 3 N–H and O–H groups in total. The lowest BCUT2D eigenvalue weighted by Gasteiger charge is -2.38. The number of carbonyl (C=O) groups excluding carboxylic acids is 2. The first kappa shape index (κ1) is 26.5. The van der Waals surface area contributed by atoms with Crippen LogP contribution in [0.4, 0.5) is 5.69 Å². The number of benzene rings is 2. The van der Waals surface area contributed by atoms with Crippen molar-refractivity contribution in [1.82, 2.24) is 10.2 Å². The zero-order chi connectivity index (χ0) is 26.4. The zero-order valence-electron chi connectivity index (χ0n) is 21.9. The van der Waals surface area contributed by atoms with Gasteiger partial charge in [0.15, 0.2) is 11.8 Å². The molecule has 198 valence electrons. The predicted molar refractivity (Wildman–Crippen MR) is 143 cm³/mol. The highest BCUT2D eigenvalue weighted by molar-refractivity contribution is 6.12. The van der Waals surface area contributed by atoms with Crippen molar-refractivity contribution in [2.24, 2.45) is 0 Å². The van der Waals surface area contributed by atoms with E-state index in [0.29, 0.717) is 36.7 Å². The minimum absolute atomic E-state index is 0.0159. The molecule has 2 aromatic rings. The Labute approximate surface area is 218 Å². The predicted octanol–water partition coefficient (Wildman–Crippen LogP) is 3.39. The highest BCUT2D eigenvalue weighted by Gasteiger charge is 2.36. The topological polar surface area (TPSA) is 100 Å². The van der Waals surface area contributed by atoms with Crippen molar-refractivity contribution in [2.45, 2.75) is 51.1 Å². The SMILES string of the molecule is CNC(C)=CC(=O)C(Nc1cc(CCO)cc(OC)c1)C(=O)N1CCCCC1c1ccc2c(c1)OCC2. The number of rotatable bonds is 10. The van der Waals surface area contributed by atoms with Crippen LogP contribution in [0.3, 0.4) is 0 Å². The first-order valence-electron chi connectivity index (χ1n) is 12.9. The van der Waals surface area contributed by atoms with E-state index in [1.807, 2.05) is 17.0 Å². The summed E-state index contributed by atoms with van der Waals surface area (Å²) < 4.78 is 11.2. The van der Waals surface area contributed by atoms with Crippen molar-refractivity contribution >= 4 is 17.4 Å². The lowest BCUT2D eigenvalue weighted by atomic mass is 9.93. The smallest absolute Gasteiger partial charge is 0.253 e. The lowest BCUT2D eigenvalue weighted by molar-refractivity contribution is -0.138. The average molecular weight is 508 g/mol. The normalized spacial score (nSPS) is 18.0. The molecule has 2 unspecified atom stereocenters. The van der Waals surface area contributed by atoms with Gasteiger partial charge in [0.25, 0.3) is 5.91 Å². The molecule has 8 nitrogen and oxygen atoms in total. The molecule has 1 saturated heterocycles. The Hall–Kier alpha value is -3.52. The number of piperidine rings is 1. The summed E-state index contributed by atoms with van der Waals surface area (Å²) in [6.45, 7) is 3.04. The third kappa shape index (κ3) is 6.25. The fourth-order valence-electron chi connectivity index (χ4n) is 5.02. The van der Waals surface area contributed by atoms with Gasteiger partial charge in [-0.2, -0.15) is 0 Å². The monoisotopic (exact) mass is 507 g/mol. The summed E-state index contributed by atoms with van der Waals surface area (Å²) >= 11 is 0. The summed E-state index contributed by atoms with van der Waals surface area (Å²) in [6.07, 6.45) is 5.53. The van der Waals surface area contributed by atoms with Gasteiger partial charge in [-0.1, -0.05) is 12.1 Å². The van der Waals surface area contributed by atoms with Crippen molar-refractivity contribution in [1.29, 1.82) is 0 Å². The highest BCUT2D eigenvalue weighted by Crippen LogP contribution is 2.36. The van der Waals surface area contributed by atoms with Gasteiger partial charge in [0.05, 0.1) is 19.8 Å². The molecule has 0 radical (unpaired) electrons. The molecule has 2 aliphatic heterocycles. The summed E-state index contributed by atoms with van der Waals surface area (Å²) in [5.74, 6) is 0.886. The van der Waals surface area contributed by atoms with Crippen molar-refractivity contribution in [3.63, 3.8) is 0 Å². The highest BCUT2D eigenvalue weighted by atomic mass is 16.5. The standard InChI is InChI=1S/C29H37N3O5/c1-19(30-2)14-26(34)28(31-23-15-20(9-12-33)16-24(18-23)36-3)29(35)32-11-5-4-6-25(32)22-8-7-21-10-13-37-27(21)17-22/h7-8,14-18,25,28,30-31,33H,4-6,9-13H2,1-3H3. The van der Waals surface area contributed by atoms with Crippen LogP contribution in [0.25, 0.3) is 0 Å². The summed E-state index contributed by atoms with van der Waals surface area (Å²) in [5, 5.41) is 15.6. The second kappa shape index (κ2) is 12.1. The molecule has 4 rings (SSSR count). The molecule has 2 aliphatic rings. The summed E-state index contributed by atoms with van der Waals surface area (Å²) in [4.78, 5) is 29.4. The van der Waals surface area contributed by atoms with E-state index < -0.39 is 6.04 Å². The van der Waals surface area contributed by atoms with E-state index >= 15 is 0 Å². The number of ketones is 1. The number of allylic oxidation sites excluding steroid dienone is 1. The van der Waals surface area contributed by atoms with Crippen molar-refractivity contribution in [3.05, 3.63) is 64.9 Å². The minimum Gasteiger partial charge on any atom is -0.497 e. The Morgan fingerprint density at radius 1 is 1.24 bits per heavy atom. The van der Waals surface area contributed by atoms with Crippen LogP contribution >= 0.6 is 0 Å². The maximum Gasteiger partial charge on any atom is 0.253 e. The van der Waals surface area contributed by atoms with Crippen molar-refractivity contribution in [2.75, 3.05) is 39.2 Å². The number of likely N-dealkylation sites (tertiary alicyclic amines) is 1. The van der Waals surface area contributed by atoms with Crippen LogP contribution in [0.15, 0.2) is 48.2 Å². The molecule has 0 aromatic heterocycles. The van der Waals surface area contributed by atoms with Crippen LogP contribution in [0, 0.1) is 0 Å². The van der Waals surface area contributed by atoms with Gasteiger partial charge in [0.1, 0.15) is 11.5 Å². The molecule has 1 amide bonds. The number of hydrogen-bond donors (Lipinski definition) is 3. The Balaban J connectivity index is 1.67. The van der Waals surface area contributed by atoms with E-state index in [1.54, 1.807) is 27.1 Å². The second-order valence-electron chi connectivity index (χ2n) is 9.61. The molecule has 1 fully saturated rings. The van der Waals surface area contributed by atoms with Crippen LogP contribution in [0.5, 0.6) is 11.5 Å². The van der Waals surface area contributed by atoms with Crippen LogP contribution in [0.2, 0.25) is 0 Å². The molecule has 2 aromatic carbocycles. The molecule has 2 atom stereocenters. The average Bonchev–Trinajstić information content (AvgIpc) is 3.39. The number of amides is 1. The van der Waals surface area contributed by atoms with Crippen LogP contribution < -0.4 is 20.1 Å². The number of ether oxygens (including phenoxy) is 2. The van der Waals surface area contributed by atoms with Gasteiger partial charge in [0.2, 0.25) is 0 Å². The minimum atomic E-state index is -1.11. The molecule has 0 aliphatic carbocycles. The van der Waals surface area contributed by atoms with Gasteiger partial charge in [-0.15, -0.1) is 0 Å². The summed E-state index contributed by atoms with van der Waals surface area (Å²) in [7, 11) is 3.30. The zero-order valence-corrected chi connectivity index (χ0v) is 21.9. The number of aliphatic hydroxyl groups excluding tert-OH is 1. The molecule has 37 heavy (non-hydrogen) atoms. The van der Waals surface area contributed by atoms with Crippen molar-refractivity contribution < 1.29 is 24.2 Å². The first-order valence-corrected chi connectivity index (χ1v) is 12.9. The summed E-state index contributed by atoms with van der Waals surface area (Å²) in [5.41, 5.74) is 4.33. The van der Waals surface area contributed by atoms with E-state index in [9.17, 15) is 14.7 Å². The molecule has 2 heterocycles. The van der Waals surface area contributed by atoms with Gasteiger partial charge in [-0.05, 0) is 67.5 Å². The van der Waals surface area contributed by atoms with Gasteiger partial charge in [-0.25, -0.2) is 0 Å². The van der Waals surface area contributed by atoms with Gasteiger partial charge in [0, 0.05) is 50.1 Å². The Kier molecular flexibility index (Phi) is 8.71. The molecule has 8 heteroatoms. The number of aliphatic hydroxyl groups is 1. The first-order chi connectivity index (χ1) is 17.9. The quantitative estimate of drug-likeness (QED) is 0.335. The summed E-state index contributed by atoms with van der Waals surface area (Å²) in [6, 6.07) is 10.4. The van der Waals surface area contributed by atoms with Crippen molar-refractivity contribution in [3.8, 4) is 11.5 Å². The number of anilines is 1. The number of fused-ring (bicyclic) bond motifs is 1. The van der Waals surface area contributed by atoms with Gasteiger partial charge < -0.3 is 30.1 Å². The maximum atomic E-state index is 14.1. The van der Waals surface area contributed by atoms with Crippen LogP contribution in [-0.2, 0) is 22.4 Å². The van der Waals surface area contributed by atoms with E-state index in [1.165, 1.54) is 11.6 Å². The van der Waals surface area contributed by atoms with E-state index in [-0.39, 0.29) is 24.3 Å². The van der Waals surface area contributed by atoms with E-state index in [4.69, 9.17) is 9.47 Å². The molecular formula is C29H37N3O5. The lowest BCUT2D eigenvalue weighted by Crippen LogP contribution is -2.49. The fourth-order valence-corrected chi connectivity index (χ4v) is 5.02. The third-order valence-electron chi connectivity index (χ3n) is 7.09. The Morgan fingerprint density at radius 3 is 2.84 bits per heavy atom. The molecule has 0 saturated carbocycles. The van der Waals surface area contributed by atoms with E-state index in [0.717, 1.165) is 42.6 Å². The van der Waals surface area contributed by atoms with E-state index in [2.05, 4.69) is 28.8 Å². The number of nitrogens with zero attached hydrogens (tertiary/aromatic N) is 1. The Bertz CT molecular complexity index is 1160. The molecule has 0 bridgehead atoms. The Morgan fingerprint density at radius 2 is 2.08 bits per heavy atom. The van der Waals surface area contributed by atoms with Crippen LogP contribution in [0.1, 0.15) is 48.9 Å². The maximum absolute atomic E-state index is 14.1. The number of carbonyl (C=O) groups is 2. The molecule has 0 spiro atoms.